The molecular weight excluding hydrogens is 335 g/mol. The predicted octanol–water partition coefficient (Wildman–Crippen LogP) is 3.62. The molecule has 25 heavy (non-hydrogen) atoms. The van der Waals surface area contributed by atoms with Crippen molar-refractivity contribution in [1.82, 2.24) is 4.90 Å². The molecule has 0 aliphatic carbocycles. The zero-order valence-electron chi connectivity index (χ0n) is 13.4. The third-order valence-electron chi connectivity index (χ3n) is 3.96. The van der Waals surface area contributed by atoms with Gasteiger partial charge < -0.3 is 14.4 Å². The van der Waals surface area contributed by atoms with Crippen molar-refractivity contribution in [3.05, 3.63) is 59.7 Å². The van der Waals surface area contributed by atoms with Gasteiger partial charge in [0.15, 0.2) is 11.5 Å². The average molecular weight is 351 g/mol. The van der Waals surface area contributed by atoms with Crippen LogP contribution in [0.2, 0.25) is 0 Å². The highest BCUT2D eigenvalue weighted by atomic mass is 19.4. The van der Waals surface area contributed by atoms with Crippen molar-refractivity contribution in [2.24, 2.45) is 0 Å². The first-order valence-electron chi connectivity index (χ1n) is 7.65. The highest BCUT2D eigenvalue weighted by Crippen LogP contribution is 2.33. The Balaban J connectivity index is 1.66. The molecule has 1 aliphatic rings. The van der Waals surface area contributed by atoms with Gasteiger partial charge in [0.25, 0.3) is 5.91 Å². The Hall–Kier alpha value is -2.70. The van der Waals surface area contributed by atoms with E-state index in [1.165, 1.54) is 30.2 Å². The summed E-state index contributed by atoms with van der Waals surface area (Å²) in [6, 6.07) is 11.9. The van der Waals surface area contributed by atoms with Crippen molar-refractivity contribution in [3.8, 4) is 11.5 Å². The van der Waals surface area contributed by atoms with Crippen LogP contribution in [0.5, 0.6) is 11.5 Å². The molecule has 2 aromatic rings. The second kappa shape index (κ2) is 6.66. The molecule has 132 valence electrons. The van der Waals surface area contributed by atoms with Gasteiger partial charge in [-0.1, -0.05) is 24.3 Å². The van der Waals surface area contributed by atoms with E-state index in [1.807, 2.05) is 0 Å². The second-order valence-electron chi connectivity index (χ2n) is 5.64. The van der Waals surface area contributed by atoms with E-state index in [4.69, 9.17) is 9.47 Å². The molecule has 1 fully saturated rings. The van der Waals surface area contributed by atoms with Gasteiger partial charge in [-0.25, -0.2) is 0 Å². The fraction of sp³-hybridized carbons (Fsp3) is 0.278. The van der Waals surface area contributed by atoms with Crippen LogP contribution in [0.1, 0.15) is 15.9 Å². The van der Waals surface area contributed by atoms with Crippen molar-refractivity contribution in [2.45, 2.75) is 12.3 Å². The van der Waals surface area contributed by atoms with Gasteiger partial charge >= 0.3 is 6.18 Å². The Bertz CT molecular complexity index is 770. The van der Waals surface area contributed by atoms with E-state index >= 15 is 0 Å². The molecule has 7 heteroatoms. The van der Waals surface area contributed by atoms with Crippen molar-refractivity contribution in [2.75, 3.05) is 20.2 Å². The maximum atomic E-state index is 13.0. The average Bonchev–Trinajstić information content (AvgIpc) is 2.56. The number of nitrogens with zero attached hydrogens (tertiary/aromatic N) is 1. The predicted molar refractivity (Wildman–Crippen MR) is 84.8 cm³/mol. The van der Waals surface area contributed by atoms with Crippen molar-refractivity contribution < 1.29 is 27.4 Å². The van der Waals surface area contributed by atoms with Gasteiger partial charge in [0.05, 0.1) is 31.3 Å². The van der Waals surface area contributed by atoms with Crippen LogP contribution < -0.4 is 9.47 Å². The molecule has 0 bridgehead atoms. The quantitative estimate of drug-likeness (QED) is 0.845. The number of hydrogen-bond donors (Lipinski definition) is 0. The normalized spacial score (nSPS) is 14.8. The van der Waals surface area contributed by atoms with Gasteiger partial charge in [0.2, 0.25) is 0 Å². The number of rotatable bonds is 4. The number of halogens is 3. The number of methoxy groups -OCH3 is 1. The largest absolute Gasteiger partial charge is 0.493 e. The first kappa shape index (κ1) is 17.1. The van der Waals surface area contributed by atoms with Crippen molar-refractivity contribution in [1.29, 1.82) is 0 Å². The van der Waals surface area contributed by atoms with Crippen molar-refractivity contribution in [3.63, 3.8) is 0 Å². The van der Waals surface area contributed by atoms with Gasteiger partial charge in [0, 0.05) is 0 Å². The summed E-state index contributed by atoms with van der Waals surface area (Å²) in [4.78, 5) is 13.7. The molecule has 0 N–H and O–H groups in total. The van der Waals surface area contributed by atoms with E-state index in [0.717, 1.165) is 6.07 Å². The van der Waals surface area contributed by atoms with E-state index in [2.05, 4.69) is 0 Å². The molecule has 0 aromatic heterocycles. The molecule has 4 nitrogen and oxygen atoms in total. The van der Waals surface area contributed by atoms with E-state index in [1.54, 1.807) is 24.3 Å². The molecule has 0 spiro atoms. The zero-order valence-corrected chi connectivity index (χ0v) is 13.4. The van der Waals surface area contributed by atoms with Gasteiger partial charge in [0.1, 0.15) is 6.10 Å². The number of ether oxygens (including phenoxy) is 2. The molecule has 0 atom stereocenters. The number of likely N-dealkylation sites (tertiary alicyclic amines) is 1. The van der Waals surface area contributed by atoms with Crippen LogP contribution >= 0.6 is 0 Å². The minimum atomic E-state index is -4.57. The van der Waals surface area contributed by atoms with Crippen LogP contribution in [0.25, 0.3) is 0 Å². The van der Waals surface area contributed by atoms with E-state index in [9.17, 15) is 18.0 Å². The highest BCUT2D eigenvalue weighted by molar-refractivity contribution is 5.96. The molecule has 1 heterocycles. The van der Waals surface area contributed by atoms with Crippen LogP contribution in [0.4, 0.5) is 13.2 Å². The summed E-state index contributed by atoms with van der Waals surface area (Å²) in [7, 11) is 1.52. The Morgan fingerprint density at radius 3 is 2.28 bits per heavy atom. The molecule has 0 saturated carbocycles. The van der Waals surface area contributed by atoms with Gasteiger partial charge in [-0.2, -0.15) is 13.2 Å². The summed E-state index contributed by atoms with van der Waals surface area (Å²) in [6.45, 7) is 0.451. The Morgan fingerprint density at radius 1 is 1.04 bits per heavy atom. The monoisotopic (exact) mass is 351 g/mol. The summed E-state index contributed by atoms with van der Waals surface area (Å²) >= 11 is 0. The van der Waals surface area contributed by atoms with Crippen molar-refractivity contribution >= 4 is 5.91 Å². The molecule has 0 radical (unpaired) electrons. The minimum absolute atomic E-state index is 0.225. The molecular formula is C18H16F3NO3. The number of hydrogen-bond acceptors (Lipinski definition) is 3. The molecule has 3 rings (SSSR count). The summed E-state index contributed by atoms with van der Waals surface area (Å²) in [5, 5.41) is 0. The van der Waals surface area contributed by atoms with Gasteiger partial charge in [-0.15, -0.1) is 0 Å². The van der Waals surface area contributed by atoms with Crippen LogP contribution in [0.15, 0.2) is 48.5 Å². The van der Waals surface area contributed by atoms with Gasteiger partial charge in [-0.05, 0) is 24.3 Å². The third-order valence-corrected chi connectivity index (χ3v) is 3.96. The Morgan fingerprint density at radius 2 is 1.64 bits per heavy atom. The molecule has 1 aliphatic heterocycles. The number of benzene rings is 2. The molecule has 2 aromatic carbocycles. The zero-order chi connectivity index (χ0) is 18.0. The number of carbonyl (C=O) groups is 1. The Kier molecular flexibility index (Phi) is 4.57. The third kappa shape index (κ3) is 3.55. The lowest BCUT2D eigenvalue weighted by Crippen LogP contribution is -2.56. The molecule has 1 amide bonds. The maximum Gasteiger partial charge on any atom is 0.417 e. The van der Waals surface area contributed by atoms with E-state index in [0.29, 0.717) is 11.5 Å². The van der Waals surface area contributed by atoms with Crippen LogP contribution in [-0.4, -0.2) is 37.1 Å². The van der Waals surface area contributed by atoms with Crippen LogP contribution in [-0.2, 0) is 6.18 Å². The Labute approximate surface area is 142 Å². The fourth-order valence-corrected chi connectivity index (χ4v) is 2.66. The first-order chi connectivity index (χ1) is 11.9. The number of alkyl halides is 3. The smallest absolute Gasteiger partial charge is 0.417 e. The number of para-hydroxylation sites is 2. The summed E-state index contributed by atoms with van der Waals surface area (Å²) in [6.07, 6.45) is -4.84. The van der Waals surface area contributed by atoms with E-state index in [-0.39, 0.29) is 24.8 Å². The van der Waals surface area contributed by atoms with Crippen LogP contribution in [0.3, 0.4) is 0 Å². The second-order valence-corrected chi connectivity index (χ2v) is 5.64. The van der Waals surface area contributed by atoms with E-state index < -0.39 is 17.6 Å². The van der Waals surface area contributed by atoms with Crippen LogP contribution in [0, 0.1) is 0 Å². The SMILES string of the molecule is COc1ccccc1OC1CN(C(=O)c2ccccc2C(F)(F)F)C1. The highest BCUT2D eigenvalue weighted by Gasteiger charge is 2.39. The summed E-state index contributed by atoms with van der Waals surface area (Å²) < 4.78 is 50.0. The lowest BCUT2D eigenvalue weighted by Gasteiger charge is -2.39. The standard InChI is InChI=1S/C18H16F3NO3/c1-24-15-8-4-5-9-16(15)25-12-10-22(11-12)17(23)13-6-2-3-7-14(13)18(19,20)21/h2-9,12H,10-11H2,1H3. The fourth-order valence-electron chi connectivity index (χ4n) is 2.66. The summed E-state index contributed by atoms with van der Waals surface area (Å²) in [5.74, 6) is 0.459. The topological polar surface area (TPSA) is 38.8 Å². The lowest BCUT2D eigenvalue weighted by atomic mass is 10.0. The summed E-state index contributed by atoms with van der Waals surface area (Å²) in [5.41, 5.74) is -1.26. The molecule has 1 saturated heterocycles. The number of amides is 1. The van der Waals surface area contributed by atoms with Gasteiger partial charge in [-0.3, -0.25) is 4.79 Å². The molecule has 0 unspecified atom stereocenters. The maximum absolute atomic E-state index is 13.0. The first-order valence-corrected chi connectivity index (χ1v) is 7.65. The lowest BCUT2D eigenvalue weighted by molar-refractivity contribution is -0.138. The number of carbonyl (C=O) groups excluding carboxylic acids is 1. The minimum Gasteiger partial charge on any atom is -0.493 e.